The van der Waals surface area contributed by atoms with Crippen LogP contribution in [0, 0.1) is 0 Å². The number of nitrogen functional groups attached to an aromatic ring is 1. The van der Waals surface area contributed by atoms with Gasteiger partial charge in [-0.2, -0.15) is 0 Å². The molecular formula is C12H16N4. The molecule has 0 amide bonds. The quantitative estimate of drug-likeness (QED) is 0.853. The Hall–Kier alpha value is -1.84. The molecule has 0 spiro atoms. The topological polar surface area (TPSA) is 55.0 Å². The summed E-state index contributed by atoms with van der Waals surface area (Å²) in [4.78, 5) is 11.0. The molecule has 0 aliphatic heterocycles. The van der Waals surface area contributed by atoms with Crippen molar-refractivity contribution in [2.75, 3.05) is 23.7 Å². The Morgan fingerprint density at radius 2 is 1.62 bits per heavy atom. The Kier molecular flexibility index (Phi) is 2.90. The highest BCUT2D eigenvalue weighted by atomic mass is 15.2. The maximum Gasteiger partial charge on any atom is 0.172 e. The van der Waals surface area contributed by atoms with Gasteiger partial charge in [-0.3, -0.25) is 0 Å². The number of anilines is 2. The molecule has 4 heteroatoms. The number of nitrogens with zero attached hydrogens (tertiary/aromatic N) is 3. The highest BCUT2D eigenvalue weighted by molar-refractivity contribution is 5.79. The highest BCUT2D eigenvalue weighted by Gasteiger charge is 2.10. The zero-order valence-electron chi connectivity index (χ0n) is 9.64. The predicted octanol–water partition coefficient (Wildman–Crippen LogP) is 2.06. The highest BCUT2D eigenvalue weighted by Crippen LogP contribution is 2.21. The minimum absolute atomic E-state index is 0.502. The van der Waals surface area contributed by atoms with Crippen LogP contribution in [0.5, 0.6) is 0 Å². The van der Waals surface area contributed by atoms with Crippen molar-refractivity contribution >= 4 is 22.7 Å². The number of hydrogen-bond acceptors (Lipinski definition) is 4. The normalized spacial score (nSPS) is 10.6. The zero-order valence-corrected chi connectivity index (χ0v) is 9.64. The van der Waals surface area contributed by atoms with Gasteiger partial charge >= 0.3 is 0 Å². The summed E-state index contributed by atoms with van der Waals surface area (Å²) in [6, 6.07) is 7.77. The molecule has 84 valence electrons. The smallest absolute Gasteiger partial charge is 0.172 e. The van der Waals surface area contributed by atoms with E-state index >= 15 is 0 Å². The fourth-order valence-electron chi connectivity index (χ4n) is 1.76. The van der Waals surface area contributed by atoms with Gasteiger partial charge in [-0.1, -0.05) is 12.1 Å². The molecule has 0 aliphatic carbocycles. The lowest BCUT2D eigenvalue weighted by Crippen LogP contribution is -2.24. The van der Waals surface area contributed by atoms with Gasteiger partial charge in [-0.15, -0.1) is 0 Å². The maximum atomic E-state index is 5.92. The van der Waals surface area contributed by atoms with Gasteiger partial charge in [0.2, 0.25) is 0 Å². The first kappa shape index (κ1) is 10.7. The zero-order chi connectivity index (χ0) is 11.5. The van der Waals surface area contributed by atoms with Gasteiger partial charge in [-0.05, 0) is 26.0 Å². The molecule has 2 N–H and O–H groups in total. The molecule has 0 radical (unpaired) electrons. The molecule has 2 rings (SSSR count). The van der Waals surface area contributed by atoms with Crippen molar-refractivity contribution in [1.82, 2.24) is 9.97 Å². The average Bonchev–Trinajstić information content (AvgIpc) is 2.31. The van der Waals surface area contributed by atoms with Crippen LogP contribution in [-0.4, -0.2) is 23.1 Å². The molecule has 1 aromatic carbocycles. The van der Waals surface area contributed by atoms with Gasteiger partial charge in [0.15, 0.2) is 11.6 Å². The van der Waals surface area contributed by atoms with Crippen LogP contribution in [0.15, 0.2) is 24.3 Å². The van der Waals surface area contributed by atoms with Crippen molar-refractivity contribution in [2.24, 2.45) is 0 Å². The van der Waals surface area contributed by atoms with Crippen molar-refractivity contribution in [3.63, 3.8) is 0 Å². The fraction of sp³-hybridized carbons (Fsp3) is 0.333. The molecule has 0 atom stereocenters. The van der Waals surface area contributed by atoms with Crippen molar-refractivity contribution in [2.45, 2.75) is 13.8 Å². The van der Waals surface area contributed by atoms with Crippen LogP contribution in [0.2, 0.25) is 0 Å². The van der Waals surface area contributed by atoms with Crippen LogP contribution in [0.25, 0.3) is 11.0 Å². The Morgan fingerprint density at radius 1 is 1.06 bits per heavy atom. The third-order valence-electron chi connectivity index (χ3n) is 2.64. The molecule has 0 bridgehead atoms. The summed E-state index contributed by atoms with van der Waals surface area (Å²) in [5.41, 5.74) is 7.65. The number of fused-ring (bicyclic) bond motifs is 1. The third-order valence-corrected chi connectivity index (χ3v) is 2.64. The summed E-state index contributed by atoms with van der Waals surface area (Å²) in [7, 11) is 0. The second-order valence-corrected chi connectivity index (χ2v) is 3.59. The second kappa shape index (κ2) is 4.35. The molecule has 2 aromatic rings. The van der Waals surface area contributed by atoms with E-state index in [-0.39, 0.29) is 0 Å². The summed E-state index contributed by atoms with van der Waals surface area (Å²) < 4.78 is 0. The Bertz CT molecular complexity index is 491. The van der Waals surface area contributed by atoms with Crippen LogP contribution in [0.1, 0.15) is 13.8 Å². The van der Waals surface area contributed by atoms with E-state index in [2.05, 4.69) is 28.7 Å². The standard InChI is InChI=1S/C12H16N4/c1-3-16(4-2)12-11(13)14-9-7-5-6-8-10(9)15-12/h5-8H,3-4H2,1-2H3,(H2,13,14). The molecule has 0 saturated heterocycles. The monoisotopic (exact) mass is 216 g/mol. The number of rotatable bonds is 3. The minimum Gasteiger partial charge on any atom is -0.381 e. The van der Waals surface area contributed by atoms with E-state index in [1.807, 2.05) is 24.3 Å². The van der Waals surface area contributed by atoms with Crippen LogP contribution in [0.3, 0.4) is 0 Å². The predicted molar refractivity (Wildman–Crippen MR) is 67.5 cm³/mol. The van der Waals surface area contributed by atoms with Crippen molar-refractivity contribution in [1.29, 1.82) is 0 Å². The van der Waals surface area contributed by atoms with E-state index < -0.39 is 0 Å². The summed E-state index contributed by atoms with van der Waals surface area (Å²) >= 11 is 0. The lowest BCUT2D eigenvalue weighted by atomic mass is 10.3. The van der Waals surface area contributed by atoms with Crippen LogP contribution >= 0.6 is 0 Å². The van der Waals surface area contributed by atoms with E-state index in [1.54, 1.807) is 0 Å². The number of para-hydroxylation sites is 2. The van der Waals surface area contributed by atoms with Crippen molar-refractivity contribution in [3.8, 4) is 0 Å². The van der Waals surface area contributed by atoms with Gasteiger partial charge in [0, 0.05) is 13.1 Å². The van der Waals surface area contributed by atoms with E-state index in [0.717, 1.165) is 29.9 Å². The van der Waals surface area contributed by atoms with E-state index in [9.17, 15) is 0 Å². The summed E-state index contributed by atoms with van der Waals surface area (Å²) in [6.07, 6.45) is 0. The van der Waals surface area contributed by atoms with Crippen molar-refractivity contribution in [3.05, 3.63) is 24.3 Å². The SMILES string of the molecule is CCN(CC)c1nc2ccccc2nc1N. The fourth-order valence-corrected chi connectivity index (χ4v) is 1.76. The van der Waals surface area contributed by atoms with Gasteiger partial charge in [0.25, 0.3) is 0 Å². The molecule has 0 unspecified atom stereocenters. The number of benzene rings is 1. The minimum atomic E-state index is 0.502. The molecular weight excluding hydrogens is 200 g/mol. The Labute approximate surface area is 95.1 Å². The first-order valence-corrected chi connectivity index (χ1v) is 5.53. The van der Waals surface area contributed by atoms with Crippen LogP contribution in [-0.2, 0) is 0 Å². The first-order chi connectivity index (χ1) is 7.76. The van der Waals surface area contributed by atoms with E-state index in [4.69, 9.17) is 5.73 Å². The number of nitrogens with two attached hydrogens (primary N) is 1. The Balaban J connectivity index is 2.57. The van der Waals surface area contributed by atoms with E-state index in [1.165, 1.54) is 0 Å². The average molecular weight is 216 g/mol. The number of hydrogen-bond donors (Lipinski definition) is 1. The molecule has 0 saturated carbocycles. The lowest BCUT2D eigenvalue weighted by Gasteiger charge is -2.20. The Morgan fingerprint density at radius 3 is 2.19 bits per heavy atom. The van der Waals surface area contributed by atoms with E-state index in [0.29, 0.717) is 5.82 Å². The molecule has 0 aliphatic rings. The molecule has 1 heterocycles. The summed E-state index contributed by atoms with van der Waals surface area (Å²) in [6.45, 7) is 5.93. The van der Waals surface area contributed by atoms with Gasteiger partial charge in [-0.25, -0.2) is 9.97 Å². The summed E-state index contributed by atoms with van der Waals surface area (Å²) in [5.74, 6) is 1.28. The molecule has 1 aromatic heterocycles. The molecule has 0 fully saturated rings. The molecule has 16 heavy (non-hydrogen) atoms. The third kappa shape index (κ3) is 1.78. The van der Waals surface area contributed by atoms with Gasteiger partial charge < -0.3 is 10.6 Å². The number of aromatic nitrogens is 2. The second-order valence-electron chi connectivity index (χ2n) is 3.59. The van der Waals surface area contributed by atoms with Gasteiger partial charge in [0.05, 0.1) is 11.0 Å². The lowest BCUT2D eigenvalue weighted by molar-refractivity contribution is 0.848. The largest absolute Gasteiger partial charge is 0.381 e. The summed E-state index contributed by atoms with van der Waals surface area (Å²) in [5, 5.41) is 0. The maximum absolute atomic E-state index is 5.92. The van der Waals surface area contributed by atoms with Crippen LogP contribution < -0.4 is 10.6 Å². The van der Waals surface area contributed by atoms with Crippen LogP contribution in [0.4, 0.5) is 11.6 Å². The first-order valence-electron chi connectivity index (χ1n) is 5.53. The van der Waals surface area contributed by atoms with Crippen molar-refractivity contribution < 1.29 is 0 Å². The molecule has 4 nitrogen and oxygen atoms in total. The van der Waals surface area contributed by atoms with Gasteiger partial charge in [0.1, 0.15) is 0 Å².